The van der Waals surface area contributed by atoms with Crippen LogP contribution in [0.3, 0.4) is 0 Å². The van der Waals surface area contributed by atoms with E-state index in [1.807, 2.05) is 0 Å². The number of rotatable bonds is 4. The predicted molar refractivity (Wildman–Crippen MR) is 104 cm³/mol. The van der Waals surface area contributed by atoms with Crippen molar-refractivity contribution in [2.45, 2.75) is 12.7 Å². The normalized spacial score (nSPS) is 14.9. The molecule has 1 aliphatic heterocycles. The van der Waals surface area contributed by atoms with Crippen molar-refractivity contribution in [2.24, 2.45) is 0 Å². The number of anilines is 1. The van der Waals surface area contributed by atoms with Crippen LogP contribution in [0, 0.1) is 0 Å². The van der Waals surface area contributed by atoms with Crippen LogP contribution in [0.1, 0.15) is 5.56 Å². The van der Waals surface area contributed by atoms with Gasteiger partial charge >= 0.3 is 11.9 Å². The number of thiophene rings is 1. The Labute approximate surface area is 172 Å². The average molecular weight is 438 g/mol. The number of amides is 1. The number of hydrogen-bond acceptors (Lipinski definition) is 6. The maximum absolute atomic E-state index is 12.9. The number of halogens is 3. The first-order valence-electron chi connectivity index (χ1n) is 9.09. The summed E-state index contributed by atoms with van der Waals surface area (Å²) in [4.78, 5) is 28.3. The van der Waals surface area contributed by atoms with Gasteiger partial charge in [-0.05, 0) is 46.1 Å². The Hall–Kier alpha value is -3.15. The van der Waals surface area contributed by atoms with Crippen LogP contribution in [0.4, 0.5) is 18.9 Å². The van der Waals surface area contributed by atoms with E-state index in [9.17, 15) is 22.8 Å². The molecule has 0 saturated carbocycles. The zero-order chi connectivity index (χ0) is 21.3. The summed E-state index contributed by atoms with van der Waals surface area (Å²) in [6.07, 6.45) is -4.40. The fourth-order valence-corrected chi connectivity index (χ4v) is 3.89. The molecule has 1 saturated heterocycles. The van der Waals surface area contributed by atoms with E-state index in [1.54, 1.807) is 33.4 Å². The highest BCUT2D eigenvalue weighted by atomic mass is 32.1. The number of hydrogen-bond donors (Lipinski definition) is 0. The molecule has 1 amide bonds. The summed E-state index contributed by atoms with van der Waals surface area (Å²) in [5, 5.41) is 9.96. The molecular formula is C18H17F3N6O2S. The molecular weight excluding hydrogens is 421 g/mol. The van der Waals surface area contributed by atoms with Gasteiger partial charge < -0.3 is 9.80 Å². The Morgan fingerprint density at radius 1 is 1.07 bits per heavy atom. The van der Waals surface area contributed by atoms with Gasteiger partial charge in [0.2, 0.25) is 5.91 Å². The summed E-state index contributed by atoms with van der Waals surface area (Å²) in [5.41, 5.74) is -0.743. The van der Waals surface area contributed by atoms with Crippen molar-refractivity contribution < 1.29 is 18.0 Å². The quantitative estimate of drug-likeness (QED) is 0.622. The number of carbonyl (C=O) groups is 1. The second kappa shape index (κ2) is 7.94. The van der Waals surface area contributed by atoms with E-state index in [0.29, 0.717) is 36.9 Å². The number of piperazine rings is 1. The molecule has 3 heterocycles. The van der Waals surface area contributed by atoms with E-state index in [1.165, 1.54) is 17.4 Å². The lowest BCUT2D eigenvalue weighted by atomic mass is 10.1. The fraction of sp³-hybridized carbons (Fsp3) is 0.333. The molecule has 3 aromatic rings. The minimum atomic E-state index is -4.40. The van der Waals surface area contributed by atoms with Crippen molar-refractivity contribution >= 4 is 22.9 Å². The summed E-state index contributed by atoms with van der Waals surface area (Å²) < 4.78 is 40.9. The Bertz CT molecular complexity index is 1080. The van der Waals surface area contributed by atoms with Gasteiger partial charge in [0.15, 0.2) is 0 Å². The molecule has 30 heavy (non-hydrogen) atoms. The van der Waals surface area contributed by atoms with Crippen molar-refractivity contribution in [1.82, 2.24) is 24.7 Å². The monoisotopic (exact) mass is 438 g/mol. The molecule has 0 spiro atoms. The smallest absolute Gasteiger partial charge is 0.368 e. The summed E-state index contributed by atoms with van der Waals surface area (Å²) in [7, 11) is 0. The summed E-state index contributed by atoms with van der Waals surface area (Å²) >= 11 is 1.33. The molecule has 12 heteroatoms. The standard InChI is InChI=1S/C18H17F3N6O2S/c19-18(20,21)13-3-1-4-14(11-13)24-6-8-25(9-7-24)15(28)12-26-17(29)27(23-22-26)16-5-2-10-30-16/h1-5,10-11H,6-9,12H2. The van der Waals surface area contributed by atoms with Crippen LogP contribution in [0.2, 0.25) is 0 Å². The highest BCUT2D eigenvalue weighted by Crippen LogP contribution is 2.31. The van der Waals surface area contributed by atoms with Crippen molar-refractivity contribution in [2.75, 3.05) is 31.1 Å². The van der Waals surface area contributed by atoms with Gasteiger partial charge in [-0.1, -0.05) is 6.07 Å². The van der Waals surface area contributed by atoms with Crippen molar-refractivity contribution in [3.63, 3.8) is 0 Å². The van der Waals surface area contributed by atoms with E-state index in [4.69, 9.17) is 0 Å². The number of nitrogens with zero attached hydrogens (tertiary/aromatic N) is 6. The van der Waals surface area contributed by atoms with Gasteiger partial charge in [0, 0.05) is 31.9 Å². The molecule has 0 radical (unpaired) electrons. The van der Waals surface area contributed by atoms with Crippen LogP contribution in [0.25, 0.3) is 5.00 Å². The van der Waals surface area contributed by atoms with Gasteiger partial charge in [-0.15, -0.1) is 11.3 Å². The molecule has 0 bridgehead atoms. The Morgan fingerprint density at radius 3 is 2.50 bits per heavy atom. The first kappa shape index (κ1) is 20.1. The van der Waals surface area contributed by atoms with Gasteiger partial charge in [0.25, 0.3) is 0 Å². The maximum atomic E-state index is 12.9. The lowest BCUT2D eigenvalue weighted by Crippen LogP contribution is -2.50. The molecule has 0 aliphatic carbocycles. The molecule has 1 aromatic carbocycles. The van der Waals surface area contributed by atoms with Crippen molar-refractivity contribution in [3.05, 3.63) is 57.8 Å². The molecule has 0 N–H and O–H groups in total. The topological polar surface area (TPSA) is 76.3 Å². The molecule has 1 fully saturated rings. The lowest BCUT2D eigenvalue weighted by molar-refractivity contribution is -0.137. The highest BCUT2D eigenvalue weighted by Gasteiger charge is 2.31. The lowest BCUT2D eigenvalue weighted by Gasteiger charge is -2.36. The number of alkyl halides is 3. The van der Waals surface area contributed by atoms with Crippen LogP contribution in [-0.4, -0.2) is 56.8 Å². The Morgan fingerprint density at radius 2 is 1.83 bits per heavy atom. The first-order valence-corrected chi connectivity index (χ1v) is 9.97. The Balaban J connectivity index is 1.38. The van der Waals surface area contributed by atoms with Gasteiger partial charge in [-0.2, -0.15) is 22.5 Å². The summed E-state index contributed by atoms with van der Waals surface area (Å²) in [6, 6.07) is 8.64. The van der Waals surface area contributed by atoms with Crippen LogP contribution >= 0.6 is 11.3 Å². The molecule has 8 nitrogen and oxygen atoms in total. The van der Waals surface area contributed by atoms with E-state index in [-0.39, 0.29) is 12.5 Å². The zero-order valence-corrected chi connectivity index (χ0v) is 16.4. The number of aromatic nitrogens is 4. The predicted octanol–water partition coefficient (Wildman–Crippen LogP) is 1.86. The van der Waals surface area contributed by atoms with E-state index < -0.39 is 17.4 Å². The molecule has 2 aromatic heterocycles. The minimum absolute atomic E-state index is 0.242. The van der Waals surface area contributed by atoms with E-state index in [0.717, 1.165) is 21.5 Å². The number of carbonyl (C=O) groups excluding carboxylic acids is 1. The van der Waals surface area contributed by atoms with Gasteiger partial charge in [0.05, 0.1) is 5.56 Å². The SMILES string of the molecule is O=C(Cn1nnn(-c2cccs2)c1=O)N1CCN(c2cccc(C(F)(F)F)c2)CC1. The van der Waals surface area contributed by atoms with E-state index >= 15 is 0 Å². The van der Waals surface area contributed by atoms with Crippen LogP contribution < -0.4 is 10.6 Å². The van der Waals surface area contributed by atoms with Crippen molar-refractivity contribution in [3.8, 4) is 5.00 Å². The summed E-state index contributed by atoms with van der Waals surface area (Å²) in [6.45, 7) is 1.22. The van der Waals surface area contributed by atoms with Crippen molar-refractivity contribution in [1.29, 1.82) is 0 Å². The second-order valence-electron chi connectivity index (χ2n) is 6.70. The number of tetrazole rings is 1. The molecule has 0 unspecified atom stereocenters. The van der Waals surface area contributed by atoms with Crippen LogP contribution in [-0.2, 0) is 17.5 Å². The van der Waals surface area contributed by atoms with E-state index in [2.05, 4.69) is 10.4 Å². The average Bonchev–Trinajstić information content (AvgIpc) is 3.38. The molecule has 1 aliphatic rings. The molecule has 0 atom stereocenters. The third kappa shape index (κ3) is 4.08. The zero-order valence-electron chi connectivity index (χ0n) is 15.6. The van der Waals surface area contributed by atoms with Gasteiger partial charge in [0.1, 0.15) is 11.5 Å². The van der Waals surface area contributed by atoms with Gasteiger partial charge in [-0.3, -0.25) is 4.79 Å². The maximum Gasteiger partial charge on any atom is 0.416 e. The van der Waals surface area contributed by atoms with Crippen LogP contribution in [0.15, 0.2) is 46.6 Å². The highest BCUT2D eigenvalue weighted by molar-refractivity contribution is 7.12. The largest absolute Gasteiger partial charge is 0.416 e. The first-order chi connectivity index (χ1) is 14.3. The number of benzene rings is 1. The third-order valence-electron chi connectivity index (χ3n) is 4.81. The second-order valence-corrected chi connectivity index (χ2v) is 7.62. The molecule has 158 valence electrons. The van der Waals surface area contributed by atoms with Gasteiger partial charge in [-0.25, -0.2) is 4.79 Å². The van der Waals surface area contributed by atoms with Crippen LogP contribution in [0.5, 0.6) is 0 Å². The fourth-order valence-electron chi connectivity index (χ4n) is 3.22. The third-order valence-corrected chi connectivity index (χ3v) is 5.65. The molecule has 4 rings (SSSR count). The minimum Gasteiger partial charge on any atom is -0.368 e. The Kier molecular flexibility index (Phi) is 5.33. The summed E-state index contributed by atoms with van der Waals surface area (Å²) in [5.74, 6) is -0.293.